The third-order valence-electron chi connectivity index (χ3n) is 3.27. The number of hydrazine groups is 1. The smallest absolute Gasteiger partial charge is 0.242 e. The number of hydrogen-bond donors (Lipinski definition) is 2. The average Bonchev–Trinajstić information content (AvgIpc) is 2.44. The number of amides is 1. The highest BCUT2D eigenvalue weighted by Crippen LogP contribution is 2.18. The largest absolute Gasteiger partial charge is 0.302 e. The molecule has 1 rings (SSSR count). The Morgan fingerprint density at radius 1 is 1.47 bits per heavy atom. The number of hydrogen-bond acceptors (Lipinski definition) is 4. The van der Waals surface area contributed by atoms with E-state index in [2.05, 4.69) is 11.5 Å². The Hall–Kier alpha value is -1.90. The molecule has 0 bridgehead atoms. The number of rotatable bonds is 6. The van der Waals surface area contributed by atoms with E-state index in [-0.39, 0.29) is 17.9 Å². The molecular formula is C14H20N4O. The predicted molar refractivity (Wildman–Crippen MR) is 73.8 cm³/mol. The lowest BCUT2D eigenvalue weighted by molar-refractivity contribution is -0.123. The van der Waals surface area contributed by atoms with Gasteiger partial charge in [-0.05, 0) is 19.5 Å². The minimum absolute atomic E-state index is 0.0989. The van der Waals surface area contributed by atoms with Crippen molar-refractivity contribution in [1.29, 1.82) is 5.26 Å². The van der Waals surface area contributed by atoms with E-state index in [0.29, 0.717) is 13.0 Å². The zero-order valence-electron chi connectivity index (χ0n) is 11.3. The first kappa shape index (κ1) is 15.2. The van der Waals surface area contributed by atoms with Gasteiger partial charge in [-0.2, -0.15) is 5.26 Å². The molecule has 0 aromatic heterocycles. The van der Waals surface area contributed by atoms with Crippen molar-refractivity contribution in [3.63, 3.8) is 0 Å². The van der Waals surface area contributed by atoms with Gasteiger partial charge in [0.2, 0.25) is 5.91 Å². The van der Waals surface area contributed by atoms with Crippen molar-refractivity contribution in [2.24, 2.45) is 5.84 Å². The first-order chi connectivity index (χ1) is 9.10. The second kappa shape index (κ2) is 7.52. The van der Waals surface area contributed by atoms with E-state index in [1.807, 2.05) is 49.2 Å². The van der Waals surface area contributed by atoms with Crippen molar-refractivity contribution in [2.75, 3.05) is 13.6 Å². The molecule has 102 valence electrons. The van der Waals surface area contributed by atoms with E-state index in [1.54, 1.807) is 0 Å². The van der Waals surface area contributed by atoms with Gasteiger partial charge >= 0.3 is 0 Å². The fraction of sp³-hybridized carbons (Fsp3) is 0.429. The Morgan fingerprint density at radius 3 is 2.63 bits per heavy atom. The van der Waals surface area contributed by atoms with Crippen molar-refractivity contribution >= 4 is 5.91 Å². The SMILES string of the molecule is CC(CC#N)N(C)CC(C(=O)NN)c1ccccc1. The maximum Gasteiger partial charge on any atom is 0.242 e. The molecule has 0 aliphatic rings. The van der Waals surface area contributed by atoms with E-state index in [4.69, 9.17) is 11.1 Å². The number of nitrogens with two attached hydrogens (primary N) is 1. The van der Waals surface area contributed by atoms with Gasteiger partial charge in [0.25, 0.3) is 0 Å². The van der Waals surface area contributed by atoms with E-state index < -0.39 is 0 Å². The van der Waals surface area contributed by atoms with E-state index in [9.17, 15) is 4.79 Å². The van der Waals surface area contributed by atoms with Gasteiger partial charge in [-0.25, -0.2) is 5.84 Å². The summed E-state index contributed by atoms with van der Waals surface area (Å²) in [6.45, 7) is 2.49. The highest BCUT2D eigenvalue weighted by molar-refractivity contribution is 5.83. The number of nitrogens with one attached hydrogen (secondary N) is 1. The Labute approximate surface area is 114 Å². The van der Waals surface area contributed by atoms with Crippen LogP contribution in [-0.4, -0.2) is 30.4 Å². The van der Waals surface area contributed by atoms with Gasteiger partial charge in [0, 0.05) is 12.6 Å². The van der Waals surface area contributed by atoms with Crippen LogP contribution >= 0.6 is 0 Å². The molecule has 1 aromatic carbocycles. The minimum Gasteiger partial charge on any atom is -0.302 e. The topological polar surface area (TPSA) is 82.2 Å². The summed E-state index contributed by atoms with van der Waals surface area (Å²) in [5, 5.41) is 8.72. The zero-order chi connectivity index (χ0) is 14.3. The highest BCUT2D eigenvalue weighted by atomic mass is 16.2. The minimum atomic E-state index is -0.336. The quantitative estimate of drug-likeness (QED) is 0.454. The molecule has 2 unspecified atom stereocenters. The van der Waals surface area contributed by atoms with Crippen LogP contribution in [0.4, 0.5) is 0 Å². The van der Waals surface area contributed by atoms with Gasteiger partial charge in [0.05, 0.1) is 18.4 Å². The standard InChI is InChI=1S/C14H20N4O/c1-11(8-9-15)18(2)10-13(14(19)17-16)12-6-4-3-5-7-12/h3-7,11,13H,8,10,16H2,1-2H3,(H,17,19). The number of nitriles is 1. The van der Waals surface area contributed by atoms with Crippen LogP contribution in [0.5, 0.6) is 0 Å². The molecule has 19 heavy (non-hydrogen) atoms. The molecule has 0 heterocycles. The first-order valence-corrected chi connectivity index (χ1v) is 6.22. The van der Waals surface area contributed by atoms with Gasteiger partial charge < -0.3 is 4.90 Å². The van der Waals surface area contributed by atoms with E-state index >= 15 is 0 Å². The lowest BCUT2D eigenvalue weighted by Crippen LogP contribution is -2.41. The van der Waals surface area contributed by atoms with E-state index in [1.165, 1.54) is 0 Å². The molecule has 0 spiro atoms. The average molecular weight is 260 g/mol. The maximum atomic E-state index is 11.9. The Bertz CT molecular complexity index is 441. The fourth-order valence-corrected chi connectivity index (χ4v) is 1.88. The molecule has 0 saturated heterocycles. The van der Waals surface area contributed by atoms with Gasteiger partial charge in [0.1, 0.15) is 0 Å². The molecule has 0 aliphatic heterocycles. The van der Waals surface area contributed by atoms with Crippen LogP contribution < -0.4 is 11.3 Å². The summed E-state index contributed by atoms with van der Waals surface area (Å²) in [4.78, 5) is 13.9. The molecule has 3 N–H and O–H groups in total. The second-order valence-corrected chi connectivity index (χ2v) is 4.62. The molecule has 5 nitrogen and oxygen atoms in total. The summed E-state index contributed by atoms with van der Waals surface area (Å²) < 4.78 is 0. The van der Waals surface area contributed by atoms with Crippen LogP contribution in [0.15, 0.2) is 30.3 Å². The highest BCUT2D eigenvalue weighted by Gasteiger charge is 2.23. The lowest BCUT2D eigenvalue weighted by Gasteiger charge is -2.27. The molecule has 0 fully saturated rings. The number of likely N-dealkylation sites (N-methyl/N-ethyl adjacent to an activating group) is 1. The third-order valence-corrected chi connectivity index (χ3v) is 3.27. The number of carbonyl (C=O) groups excluding carboxylic acids is 1. The predicted octanol–water partition coefficient (Wildman–Crippen LogP) is 0.994. The third kappa shape index (κ3) is 4.36. The molecule has 0 aliphatic carbocycles. The molecule has 1 amide bonds. The molecule has 0 radical (unpaired) electrons. The van der Waals surface area contributed by atoms with Crippen LogP contribution in [0.25, 0.3) is 0 Å². The van der Waals surface area contributed by atoms with Crippen LogP contribution in [0.2, 0.25) is 0 Å². The van der Waals surface area contributed by atoms with Crippen molar-refractivity contribution in [3.8, 4) is 6.07 Å². The van der Waals surface area contributed by atoms with Crippen LogP contribution in [0.3, 0.4) is 0 Å². The molecule has 2 atom stereocenters. The maximum absolute atomic E-state index is 11.9. The lowest BCUT2D eigenvalue weighted by atomic mass is 9.97. The summed E-state index contributed by atoms with van der Waals surface area (Å²) in [7, 11) is 1.90. The van der Waals surface area contributed by atoms with Gasteiger partial charge in [0.15, 0.2) is 0 Å². The van der Waals surface area contributed by atoms with Gasteiger partial charge in [-0.1, -0.05) is 30.3 Å². The summed E-state index contributed by atoms with van der Waals surface area (Å²) in [6.07, 6.45) is 0.433. The van der Waals surface area contributed by atoms with Gasteiger partial charge in [-0.15, -0.1) is 0 Å². The van der Waals surface area contributed by atoms with Crippen LogP contribution in [-0.2, 0) is 4.79 Å². The molecule has 0 saturated carbocycles. The Balaban J connectivity index is 2.83. The van der Waals surface area contributed by atoms with Gasteiger partial charge in [-0.3, -0.25) is 10.2 Å². The Morgan fingerprint density at radius 2 is 2.11 bits per heavy atom. The second-order valence-electron chi connectivity index (χ2n) is 4.62. The normalized spacial score (nSPS) is 13.6. The van der Waals surface area contributed by atoms with Crippen LogP contribution in [0.1, 0.15) is 24.8 Å². The Kier molecular flexibility index (Phi) is 6.00. The molecule has 1 aromatic rings. The summed E-state index contributed by atoms with van der Waals surface area (Å²) >= 11 is 0. The van der Waals surface area contributed by atoms with Crippen molar-refractivity contribution < 1.29 is 4.79 Å². The zero-order valence-corrected chi connectivity index (χ0v) is 11.3. The monoisotopic (exact) mass is 260 g/mol. The molecular weight excluding hydrogens is 240 g/mol. The van der Waals surface area contributed by atoms with Crippen molar-refractivity contribution in [3.05, 3.63) is 35.9 Å². The number of benzene rings is 1. The number of nitrogens with zero attached hydrogens (tertiary/aromatic N) is 2. The van der Waals surface area contributed by atoms with E-state index in [0.717, 1.165) is 5.56 Å². The summed E-state index contributed by atoms with van der Waals surface area (Å²) in [5.41, 5.74) is 3.13. The van der Waals surface area contributed by atoms with Crippen LogP contribution in [0, 0.1) is 11.3 Å². The van der Waals surface area contributed by atoms with Crippen molar-refractivity contribution in [1.82, 2.24) is 10.3 Å². The summed E-state index contributed by atoms with van der Waals surface area (Å²) in [6, 6.07) is 11.7. The molecule has 5 heteroatoms. The fourth-order valence-electron chi connectivity index (χ4n) is 1.88. The van der Waals surface area contributed by atoms with Crippen molar-refractivity contribution in [2.45, 2.75) is 25.3 Å². The first-order valence-electron chi connectivity index (χ1n) is 6.22. The number of carbonyl (C=O) groups is 1. The summed E-state index contributed by atoms with van der Waals surface area (Å²) in [5.74, 6) is 4.69.